The van der Waals surface area contributed by atoms with Crippen LogP contribution in [-0.2, 0) is 16.0 Å². The number of para-hydroxylation sites is 1. The number of nitrogens with one attached hydrogen (secondary N) is 2. The minimum Gasteiger partial charge on any atom is -0.497 e. The molecule has 0 atom stereocenters. The first-order valence-electron chi connectivity index (χ1n) is 8.49. The number of aryl methyl sites for hydroxylation is 2. The van der Waals surface area contributed by atoms with Crippen molar-refractivity contribution in [1.82, 2.24) is 5.32 Å². The molecule has 26 heavy (non-hydrogen) atoms. The van der Waals surface area contributed by atoms with E-state index in [4.69, 9.17) is 9.47 Å². The molecule has 2 aromatic carbocycles. The summed E-state index contributed by atoms with van der Waals surface area (Å²) in [6.07, 6.45) is 0.772. The normalized spacial score (nSPS) is 10.1. The highest BCUT2D eigenvalue weighted by Gasteiger charge is 2.15. The number of methoxy groups -OCH3 is 1. The number of amides is 2. The van der Waals surface area contributed by atoms with Crippen molar-refractivity contribution in [3.8, 4) is 11.5 Å². The first-order valence-corrected chi connectivity index (χ1v) is 8.49. The zero-order chi connectivity index (χ0) is 18.9. The fourth-order valence-corrected chi connectivity index (χ4v) is 2.46. The molecule has 6 nitrogen and oxygen atoms in total. The predicted octanol–water partition coefficient (Wildman–Crippen LogP) is 2.70. The summed E-state index contributed by atoms with van der Waals surface area (Å²) in [5.74, 6) is 0.0362. The average Bonchev–Trinajstić information content (AvgIpc) is 2.66. The van der Waals surface area contributed by atoms with E-state index in [1.54, 1.807) is 31.4 Å². The van der Waals surface area contributed by atoms with Gasteiger partial charge in [-0.25, -0.2) is 0 Å². The molecule has 0 saturated carbocycles. The zero-order valence-electron chi connectivity index (χ0n) is 15.3. The highest BCUT2D eigenvalue weighted by atomic mass is 16.5. The highest BCUT2D eigenvalue weighted by Crippen LogP contribution is 2.21. The fraction of sp³-hybridized carbons (Fsp3) is 0.300. The number of ether oxygens (including phenoxy) is 2. The molecule has 0 bridgehead atoms. The van der Waals surface area contributed by atoms with Crippen LogP contribution in [0.15, 0.2) is 42.5 Å². The summed E-state index contributed by atoms with van der Waals surface area (Å²) < 4.78 is 10.6. The van der Waals surface area contributed by atoms with Gasteiger partial charge in [0.1, 0.15) is 18.1 Å². The number of benzene rings is 2. The molecular formula is C20H24N2O4. The number of anilines is 1. The number of rotatable bonds is 7. The van der Waals surface area contributed by atoms with E-state index >= 15 is 0 Å². The van der Waals surface area contributed by atoms with Gasteiger partial charge >= 0.3 is 11.8 Å². The molecule has 0 saturated heterocycles. The Morgan fingerprint density at radius 1 is 1.00 bits per heavy atom. The number of carbonyl (C=O) groups excluding carboxylic acids is 2. The maximum absolute atomic E-state index is 12.1. The van der Waals surface area contributed by atoms with Gasteiger partial charge in [-0.15, -0.1) is 0 Å². The van der Waals surface area contributed by atoms with Gasteiger partial charge in [0.25, 0.3) is 0 Å². The van der Waals surface area contributed by atoms with Crippen molar-refractivity contribution in [2.24, 2.45) is 0 Å². The molecule has 2 rings (SSSR count). The largest absolute Gasteiger partial charge is 0.497 e. The second kappa shape index (κ2) is 9.46. The van der Waals surface area contributed by atoms with Crippen LogP contribution < -0.4 is 20.1 Å². The van der Waals surface area contributed by atoms with Crippen LogP contribution in [0.4, 0.5) is 5.69 Å². The van der Waals surface area contributed by atoms with Crippen molar-refractivity contribution in [2.45, 2.75) is 20.3 Å². The molecule has 0 aliphatic carbocycles. The Morgan fingerprint density at radius 3 is 2.35 bits per heavy atom. The average molecular weight is 356 g/mol. The molecule has 138 valence electrons. The highest BCUT2D eigenvalue weighted by molar-refractivity contribution is 6.39. The minimum atomic E-state index is -0.686. The summed E-state index contributed by atoms with van der Waals surface area (Å²) in [6.45, 7) is 4.39. The van der Waals surface area contributed by atoms with Crippen LogP contribution in [0.2, 0.25) is 0 Å². The molecule has 0 radical (unpaired) electrons. The van der Waals surface area contributed by atoms with Gasteiger partial charge in [-0.05, 0) is 48.7 Å². The van der Waals surface area contributed by atoms with Crippen LogP contribution >= 0.6 is 0 Å². The van der Waals surface area contributed by atoms with E-state index in [2.05, 4.69) is 10.6 Å². The molecule has 6 heteroatoms. The van der Waals surface area contributed by atoms with Crippen molar-refractivity contribution < 1.29 is 19.1 Å². The van der Waals surface area contributed by atoms with Crippen LogP contribution in [0.5, 0.6) is 11.5 Å². The first kappa shape index (κ1) is 19.3. The fourth-order valence-electron chi connectivity index (χ4n) is 2.46. The third-order valence-corrected chi connectivity index (χ3v) is 3.90. The van der Waals surface area contributed by atoms with Gasteiger partial charge in [-0.1, -0.05) is 25.1 Å². The Kier molecular flexibility index (Phi) is 7.02. The van der Waals surface area contributed by atoms with E-state index in [1.807, 2.05) is 32.0 Å². The van der Waals surface area contributed by atoms with Crippen LogP contribution in [0, 0.1) is 6.92 Å². The lowest BCUT2D eigenvalue weighted by molar-refractivity contribution is -0.136. The van der Waals surface area contributed by atoms with E-state index in [9.17, 15) is 9.59 Å². The molecule has 2 aromatic rings. The second-order valence-electron chi connectivity index (χ2n) is 5.70. The van der Waals surface area contributed by atoms with Gasteiger partial charge in [-0.2, -0.15) is 0 Å². The Morgan fingerprint density at radius 2 is 1.69 bits per heavy atom. The maximum atomic E-state index is 12.1. The maximum Gasteiger partial charge on any atom is 0.313 e. The topological polar surface area (TPSA) is 76.7 Å². The van der Waals surface area contributed by atoms with Gasteiger partial charge in [0.2, 0.25) is 0 Å². The molecule has 0 aromatic heterocycles. The third-order valence-electron chi connectivity index (χ3n) is 3.90. The number of hydrogen-bond donors (Lipinski definition) is 2. The van der Waals surface area contributed by atoms with Crippen molar-refractivity contribution in [1.29, 1.82) is 0 Å². The molecular weight excluding hydrogens is 332 g/mol. The second-order valence-corrected chi connectivity index (χ2v) is 5.70. The minimum absolute atomic E-state index is 0.229. The van der Waals surface area contributed by atoms with E-state index in [0.29, 0.717) is 11.4 Å². The van der Waals surface area contributed by atoms with Crippen LogP contribution in [0.3, 0.4) is 0 Å². The summed E-state index contributed by atoms with van der Waals surface area (Å²) in [6, 6.07) is 12.9. The molecule has 0 unspecified atom stereocenters. The van der Waals surface area contributed by atoms with E-state index < -0.39 is 11.8 Å². The summed E-state index contributed by atoms with van der Waals surface area (Å²) >= 11 is 0. The van der Waals surface area contributed by atoms with Crippen molar-refractivity contribution in [2.75, 3.05) is 25.6 Å². The van der Waals surface area contributed by atoms with Gasteiger partial charge in [0.15, 0.2) is 0 Å². The zero-order valence-corrected chi connectivity index (χ0v) is 15.3. The van der Waals surface area contributed by atoms with Gasteiger partial charge in [0, 0.05) is 5.69 Å². The molecule has 0 aliphatic rings. The molecule has 0 fully saturated rings. The van der Waals surface area contributed by atoms with Gasteiger partial charge < -0.3 is 20.1 Å². The lowest BCUT2D eigenvalue weighted by Gasteiger charge is -2.13. The number of carbonyl (C=O) groups is 2. The summed E-state index contributed by atoms with van der Waals surface area (Å²) in [7, 11) is 1.59. The summed E-state index contributed by atoms with van der Waals surface area (Å²) in [4.78, 5) is 24.0. The van der Waals surface area contributed by atoms with Crippen molar-refractivity contribution in [3.05, 3.63) is 53.6 Å². The Hall–Kier alpha value is -3.02. The Balaban J connectivity index is 1.79. The monoisotopic (exact) mass is 356 g/mol. The molecule has 2 N–H and O–H groups in total. The van der Waals surface area contributed by atoms with E-state index in [1.165, 1.54) is 0 Å². The molecule has 0 heterocycles. The van der Waals surface area contributed by atoms with Crippen molar-refractivity contribution in [3.63, 3.8) is 0 Å². The van der Waals surface area contributed by atoms with Gasteiger partial charge in [0.05, 0.1) is 13.7 Å². The quantitative estimate of drug-likeness (QED) is 0.591. The smallest absolute Gasteiger partial charge is 0.313 e. The lowest BCUT2D eigenvalue weighted by Crippen LogP contribution is -2.37. The Labute approximate surface area is 153 Å². The first-order chi connectivity index (χ1) is 12.5. The SMILES string of the molecule is CCc1cccc(C)c1NC(=O)C(=O)NCCOc1ccc(OC)cc1. The number of hydrogen-bond acceptors (Lipinski definition) is 4. The molecule has 2 amide bonds. The van der Waals surface area contributed by atoms with Crippen LogP contribution in [0.25, 0.3) is 0 Å². The van der Waals surface area contributed by atoms with E-state index in [0.717, 1.165) is 23.3 Å². The third kappa shape index (κ3) is 5.24. The standard InChI is InChI=1S/C20H24N2O4/c1-4-15-7-5-6-14(2)18(15)22-20(24)19(23)21-12-13-26-17-10-8-16(25-3)9-11-17/h5-11H,4,12-13H2,1-3H3,(H,21,23)(H,22,24). The molecule has 0 spiro atoms. The lowest BCUT2D eigenvalue weighted by atomic mass is 10.1. The van der Waals surface area contributed by atoms with E-state index in [-0.39, 0.29) is 13.2 Å². The van der Waals surface area contributed by atoms with Crippen LogP contribution in [-0.4, -0.2) is 32.1 Å². The van der Waals surface area contributed by atoms with Gasteiger partial charge in [-0.3, -0.25) is 9.59 Å². The summed E-state index contributed by atoms with van der Waals surface area (Å²) in [5, 5.41) is 5.25. The summed E-state index contributed by atoms with van der Waals surface area (Å²) in [5.41, 5.74) is 2.62. The predicted molar refractivity (Wildman–Crippen MR) is 101 cm³/mol. The van der Waals surface area contributed by atoms with Crippen LogP contribution in [0.1, 0.15) is 18.1 Å². The van der Waals surface area contributed by atoms with Crippen molar-refractivity contribution >= 4 is 17.5 Å². The Bertz CT molecular complexity index is 757. The molecule has 0 aliphatic heterocycles.